The van der Waals surface area contributed by atoms with Crippen molar-refractivity contribution in [3.05, 3.63) is 35.2 Å². The number of sulfonamides is 1. The summed E-state index contributed by atoms with van der Waals surface area (Å²) in [5, 5.41) is 0. The quantitative estimate of drug-likeness (QED) is 0.669. The van der Waals surface area contributed by atoms with Crippen molar-refractivity contribution in [3.8, 4) is 0 Å². The van der Waals surface area contributed by atoms with E-state index in [4.69, 9.17) is 10.5 Å². The number of ether oxygens (including phenoxy) is 1. The van der Waals surface area contributed by atoms with Crippen LogP contribution in [0.3, 0.4) is 0 Å². The minimum atomic E-state index is -3.65. The smallest absolute Gasteiger partial charge is 0.338 e. The molecule has 0 amide bonds. The van der Waals surface area contributed by atoms with Gasteiger partial charge < -0.3 is 15.4 Å². The lowest BCUT2D eigenvalue weighted by atomic mass is 10.1. The molecule has 0 spiro atoms. The fraction of sp³-hybridized carbons (Fsp3) is 0.474. The molecule has 2 N–H and O–H groups in total. The second kappa shape index (κ2) is 8.92. The highest BCUT2D eigenvalue weighted by Crippen LogP contribution is 2.23. The van der Waals surface area contributed by atoms with E-state index in [1.807, 2.05) is 0 Å². The summed E-state index contributed by atoms with van der Waals surface area (Å²) < 4.78 is 32.6. The summed E-state index contributed by atoms with van der Waals surface area (Å²) in [4.78, 5) is 26.5. The Hall–Kier alpha value is -2.79. The van der Waals surface area contributed by atoms with Crippen LogP contribution in [0.5, 0.6) is 0 Å². The fourth-order valence-electron chi connectivity index (χ4n) is 3.13. The number of esters is 1. The summed E-state index contributed by atoms with van der Waals surface area (Å²) in [7, 11) is -0.148. The van der Waals surface area contributed by atoms with Gasteiger partial charge in [0.2, 0.25) is 21.9 Å². The fourth-order valence-corrected chi connectivity index (χ4v) is 4.68. The number of aryl methyl sites for hydroxylation is 1. The molecule has 10 nitrogen and oxygen atoms in total. The van der Waals surface area contributed by atoms with Gasteiger partial charge in [-0.05, 0) is 37.5 Å². The largest absolute Gasteiger partial charge is 0.454 e. The summed E-state index contributed by atoms with van der Waals surface area (Å²) in [6, 6.07) is 4.50. The predicted octanol–water partition coefficient (Wildman–Crippen LogP) is 1.36. The highest BCUT2D eigenvalue weighted by molar-refractivity contribution is 7.89. The van der Waals surface area contributed by atoms with Crippen molar-refractivity contribution in [2.24, 2.45) is 0 Å². The van der Waals surface area contributed by atoms with Crippen LogP contribution in [0.15, 0.2) is 23.1 Å². The average molecular weight is 435 g/mol. The molecule has 1 fully saturated rings. The highest BCUT2D eigenvalue weighted by atomic mass is 32.2. The average Bonchev–Trinajstić information content (AvgIpc) is 2.72. The lowest BCUT2D eigenvalue weighted by Gasteiger charge is -2.26. The third kappa shape index (κ3) is 4.85. The first-order valence-corrected chi connectivity index (χ1v) is 11.1. The number of benzene rings is 1. The van der Waals surface area contributed by atoms with E-state index < -0.39 is 16.0 Å². The molecule has 0 unspecified atom stereocenters. The number of hydrogen-bond donors (Lipinski definition) is 1. The monoisotopic (exact) mass is 434 g/mol. The Morgan fingerprint density at radius 3 is 2.53 bits per heavy atom. The van der Waals surface area contributed by atoms with E-state index in [0.717, 1.165) is 19.3 Å². The van der Waals surface area contributed by atoms with Gasteiger partial charge >= 0.3 is 5.97 Å². The summed E-state index contributed by atoms with van der Waals surface area (Å²) in [6.45, 7) is 2.49. The van der Waals surface area contributed by atoms with Gasteiger partial charge in [0.05, 0.1) is 10.5 Å². The zero-order valence-electron chi connectivity index (χ0n) is 17.3. The number of rotatable bonds is 6. The Labute approximate surface area is 176 Å². The molecule has 1 saturated heterocycles. The molecule has 3 rings (SSSR count). The molecule has 2 aromatic rings. The van der Waals surface area contributed by atoms with E-state index >= 15 is 0 Å². The number of carbonyl (C=O) groups excluding carboxylic acids is 1. The van der Waals surface area contributed by atoms with Crippen molar-refractivity contribution in [1.82, 2.24) is 19.3 Å². The summed E-state index contributed by atoms with van der Waals surface area (Å²) in [6.07, 6.45) is 2.70. The maximum Gasteiger partial charge on any atom is 0.338 e. The van der Waals surface area contributed by atoms with Gasteiger partial charge in [0.1, 0.15) is 0 Å². The molecule has 0 aliphatic carbocycles. The van der Waals surface area contributed by atoms with Gasteiger partial charge in [0.15, 0.2) is 12.4 Å². The van der Waals surface area contributed by atoms with E-state index in [1.54, 1.807) is 32.0 Å². The molecule has 1 aliphatic heterocycles. The topological polar surface area (TPSA) is 132 Å². The molecule has 162 valence electrons. The molecule has 2 heterocycles. The number of nitrogens with two attached hydrogens (primary N) is 1. The van der Waals surface area contributed by atoms with Crippen LogP contribution in [0.25, 0.3) is 0 Å². The van der Waals surface area contributed by atoms with Crippen LogP contribution in [-0.2, 0) is 21.4 Å². The van der Waals surface area contributed by atoms with Crippen LogP contribution in [0.4, 0.5) is 11.9 Å². The Balaban J connectivity index is 1.79. The third-order valence-corrected chi connectivity index (χ3v) is 6.70. The van der Waals surface area contributed by atoms with E-state index in [1.165, 1.54) is 16.4 Å². The minimum absolute atomic E-state index is 0.0190. The van der Waals surface area contributed by atoms with Gasteiger partial charge in [-0.3, -0.25) is 0 Å². The van der Waals surface area contributed by atoms with Gasteiger partial charge in [0.25, 0.3) is 0 Å². The first-order valence-electron chi connectivity index (χ1n) is 9.64. The van der Waals surface area contributed by atoms with Crippen LogP contribution in [0.2, 0.25) is 0 Å². The number of nitrogens with zero attached hydrogens (tertiary/aromatic N) is 5. The maximum atomic E-state index is 12.9. The number of nitrogen functional groups attached to an aromatic ring is 1. The SMILES string of the molecule is Cc1ccc(S(=O)(=O)N2CCCCC2)cc1C(=O)OCc1nc(N)nc(N(C)C)n1. The van der Waals surface area contributed by atoms with Crippen LogP contribution in [0.1, 0.15) is 41.0 Å². The number of hydrogen-bond acceptors (Lipinski definition) is 9. The Kier molecular flexibility index (Phi) is 6.52. The molecule has 0 bridgehead atoms. The van der Waals surface area contributed by atoms with Crippen molar-refractivity contribution in [2.45, 2.75) is 37.7 Å². The molecule has 0 atom stereocenters. The number of aromatic nitrogens is 3. The lowest BCUT2D eigenvalue weighted by Crippen LogP contribution is -2.35. The summed E-state index contributed by atoms with van der Waals surface area (Å²) >= 11 is 0. The van der Waals surface area contributed by atoms with Crippen LogP contribution in [-0.4, -0.2) is 60.8 Å². The van der Waals surface area contributed by atoms with E-state index in [9.17, 15) is 13.2 Å². The van der Waals surface area contributed by atoms with Crippen LogP contribution < -0.4 is 10.6 Å². The van der Waals surface area contributed by atoms with Crippen molar-refractivity contribution < 1.29 is 17.9 Å². The number of anilines is 2. The molecule has 1 aromatic heterocycles. The van der Waals surface area contributed by atoms with Gasteiger partial charge in [-0.15, -0.1) is 0 Å². The van der Waals surface area contributed by atoms with E-state index in [-0.39, 0.29) is 28.8 Å². The van der Waals surface area contributed by atoms with Crippen molar-refractivity contribution in [2.75, 3.05) is 37.8 Å². The first-order chi connectivity index (χ1) is 14.2. The Morgan fingerprint density at radius 2 is 1.87 bits per heavy atom. The molecular weight excluding hydrogens is 408 g/mol. The third-order valence-electron chi connectivity index (χ3n) is 4.80. The second-order valence-corrected chi connectivity index (χ2v) is 9.26. The molecule has 0 saturated carbocycles. The molecule has 30 heavy (non-hydrogen) atoms. The van der Waals surface area contributed by atoms with Crippen molar-refractivity contribution in [1.29, 1.82) is 0 Å². The molecule has 1 aliphatic rings. The van der Waals surface area contributed by atoms with E-state index in [2.05, 4.69) is 15.0 Å². The Bertz CT molecular complexity index is 1040. The van der Waals surface area contributed by atoms with Crippen LogP contribution >= 0.6 is 0 Å². The van der Waals surface area contributed by atoms with Gasteiger partial charge in [-0.2, -0.15) is 19.3 Å². The summed E-state index contributed by atoms with van der Waals surface area (Å²) in [5.41, 5.74) is 6.47. The maximum absolute atomic E-state index is 12.9. The normalized spacial score (nSPS) is 15.0. The number of carbonyl (C=O) groups is 1. The lowest BCUT2D eigenvalue weighted by molar-refractivity contribution is 0.0461. The predicted molar refractivity (Wildman–Crippen MR) is 111 cm³/mol. The summed E-state index contributed by atoms with van der Waals surface area (Å²) in [5.74, 6) is -0.0900. The Morgan fingerprint density at radius 1 is 1.17 bits per heavy atom. The zero-order valence-corrected chi connectivity index (χ0v) is 18.1. The van der Waals surface area contributed by atoms with Crippen LogP contribution in [0, 0.1) is 6.92 Å². The standard InChI is InChI=1S/C19H26N6O4S/c1-13-7-8-14(30(27,28)25-9-5-4-6-10-25)11-15(13)17(26)29-12-16-21-18(20)23-19(22-16)24(2)3/h7-8,11H,4-6,9-10,12H2,1-3H3,(H2,20,21,22,23). The van der Waals surface area contributed by atoms with Gasteiger partial charge in [-0.25, -0.2) is 13.2 Å². The highest BCUT2D eigenvalue weighted by Gasteiger charge is 2.27. The van der Waals surface area contributed by atoms with Gasteiger partial charge in [0, 0.05) is 27.2 Å². The minimum Gasteiger partial charge on any atom is -0.454 e. The van der Waals surface area contributed by atoms with Crippen molar-refractivity contribution >= 4 is 27.9 Å². The second-order valence-electron chi connectivity index (χ2n) is 7.32. The molecular formula is C19H26N6O4S. The first kappa shape index (κ1) is 21.9. The van der Waals surface area contributed by atoms with Crippen molar-refractivity contribution in [3.63, 3.8) is 0 Å². The molecule has 1 aromatic carbocycles. The molecule has 0 radical (unpaired) electrons. The zero-order chi connectivity index (χ0) is 21.9. The van der Waals surface area contributed by atoms with Gasteiger partial charge in [-0.1, -0.05) is 12.5 Å². The molecule has 11 heteroatoms. The van der Waals surface area contributed by atoms with E-state index in [0.29, 0.717) is 24.6 Å². The number of piperidine rings is 1.